The van der Waals surface area contributed by atoms with Crippen molar-refractivity contribution in [1.29, 1.82) is 0 Å². The largest absolute Gasteiger partial charge is 0.333 e. The van der Waals surface area contributed by atoms with Crippen LogP contribution in [0.4, 0.5) is 0 Å². The van der Waals surface area contributed by atoms with Crippen LogP contribution in [0.2, 0.25) is 0 Å². The van der Waals surface area contributed by atoms with E-state index in [9.17, 15) is 0 Å². The van der Waals surface area contributed by atoms with E-state index in [0.29, 0.717) is 10.6 Å². The fourth-order valence-corrected chi connectivity index (χ4v) is 2.43. The standard InChI is InChI=1S/C8H3Br3N2O/c9-4-1-2-5(6(10)3-4)7-12-8(11)13-14-7/h1-3H. The fourth-order valence-electron chi connectivity index (χ4n) is 0.978. The van der Waals surface area contributed by atoms with E-state index in [2.05, 4.69) is 57.9 Å². The first-order valence-electron chi connectivity index (χ1n) is 3.61. The monoisotopic (exact) mass is 380 g/mol. The number of aromatic nitrogens is 2. The van der Waals surface area contributed by atoms with Crippen LogP contribution < -0.4 is 0 Å². The van der Waals surface area contributed by atoms with E-state index in [1.54, 1.807) is 0 Å². The summed E-state index contributed by atoms with van der Waals surface area (Å²) >= 11 is 9.92. The smallest absolute Gasteiger partial charge is 0.259 e. The summed E-state index contributed by atoms with van der Waals surface area (Å²) in [5.74, 6) is 0.483. The van der Waals surface area contributed by atoms with Crippen molar-refractivity contribution in [3.63, 3.8) is 0 Å². The molecule has 72 valence electrons. The highest BCUT2D eigenvalue weighted by Crippen LogP contribution is 2.30. The Morgan fingerprint density at radius 2 is 1.93 bits per heavy atom. The normalized spacial score (nSPS) is 10.5. The topological polar surface area (TPSA) is 38.9 Å². The zero-order valence-corrected chi connectivity index (χ0v) is 11.4. The van der Waals surface area contributed by atoms with Gasteiger partial charge in [0.2, 0.25) is 4.73 Å². The predicted octanol–water partition coefficient (Wildman–Crippen LogP) is 4.02. The van der Waals surface area contributed by atoms with Crippen molar-refractivity contribution in [2.45, 2.75) is 0 Å². The molecule has 0 radical (unpaired) electrons. The number of nitrogens with zero attached hydrogens (tertiary/aromatic N) is 2. The van der Waals surface area contributed by atoms with Gasteiger partial charge in [-0.3, -0.25) is 0 Å². The number of halogens is 3. The summed E-state index contributed by atoms with van der Waals surface area (Å²) < 4.78 is 7.36. The minimum absolute atomic E-state index is 0.447. The van der Waals surface area contributed by atoms with Crippen molar-refractivity contribution in [3.05, 3.63) is 31.9 Å². The minimum Gasteiger partial charge on any atom is -0.333 e. The molecule has 3 nitrogen and oxygen atoms in total. The van der Waals surface area contributed by atoms with Gasteiger partial charge in [0.15, 0.2) is 0 Å². The van der Waals surface area contributed by atoms with E-state index >= 15 is 0 Å². The molecular weight excluding hydrogens is 380 g/mol. The molecule has 6 heteroatoms. The van der Waals surface area contributed by atoms with Gasteiger partial charge in [-0.2, -0.15) is 4.98 Å². The number of rotatable bonds is 1. The summed E-state index contributed by atoms with van der Waals surface area (Å²) in [6.45, 7) is 0. The molecule has 0 aliphatic heterocycles. The lowest BCUT2D eigenvalue weighted by Gasteiger charge is -1.98. The van der Waals surface area contributed by atoms with Crippen LogP contribution in [-0.2, 0) is 0 Å². The van der Waals surface area contributed by atoms with Crippen LogP contribution >= 0.6 is 47.8 Å². The molecule has 0 atom stereocenters. The second kappa shape index (κ2) is 4.12. The molecule has 0 spiro atoms. The van der Waals surface area contributed by atoms with Crippen molar-refractivity contribution in [1.82, 2.24) is 10.1 Å². The molecule has 0 amide bonds. The second-order valence-corrected chi connectivity index (χ2v) is 4.97. The van der Waals surface area contributed by atoms with E-state index in [-0.39, 0.29) is 0 Å². The van der Waals surface area contributed by atoms with Crippen molar-refractivity contribution in [2.24, 2.45) is 0 Å². The molecule has 2 rings (SSSR count). The van der Waals surface area contributed by atoms with E-state index < -0.39 is 0 Å². The summed E-state index contributed by atoms with van der Waals surface area (Å²) in [6, 6.07) is 5.74. The Morgan fingerprint density at radius 3 is 2.50 bits per heavy atom. The van der Waals surface area contributed by atoms with Gasteiger partial charge in [-0.05, 0) is 55.2 Å². The zero-order valence-electron chi connectivity index (χ0n) is 6.67. The van der Waals surface area contributed by atoms with Crippen LogP contribution in [0.5, 0.6) is 0 Å². The molecule has 1 aromatic heterocycles. The van der Waals surface area contributed by atoms with Crippen molar-refractivity contribution < 1.29 is 4.52 Å². The molecule has 0 saturated heterocycles. The van der Waals surface area contributed by atoms with E-state index in [1.165, 1.54) is 0 Å². The van der Waals surface area contributed by atoms with Gasteiger partial charge in [0.1, 0.15) is 0 Å². The Bertz CT molecular complexity index is 469. The van der Waals surface area contributed by atoms with E-state index in [0.717, 1.165) is 14.5 Å². The molecule has 0 N–H and O–H groups in total. The van der Waals surface area contributed by atoms with E-state index in [1.807, 2.05) is 18.2 Å². The summed E-state index contributed by atoms with van der Waals surface area (Å²) in [5, 5.41) is 3.65. The van der Waals surface area contributed by atoms with Crippen LogP contribution in [-0.4, -0.2) is 10.1 Å². The molecule has 0 unspecified atom stereocenters. The van der Waals surface area contributed by atoms with Crippen LogP contribution in [0.15, 0.2) is 36.4 Å². The van der Waals surface area contributed by atoms with Gasteiger partial charge < -0.3 is 4.52 Å². The first kappa shape index (κ1) is 10.3. The molecule has 1 aromatic carbocycles. The molecule has 14 heavy (non-hydrogen) atoms. The molecule has 0 aliphatic rings. The lowest BCUT2D eigenvalue weighted by atomic mass is 10.2. The molecule has 0 aliphatic carbocycles. The quantitative estimate of drug-likeness (QED) is 0.747. The number of hydrogen-bond acceptors (Lipinski definition) is 3. The maximum atomic E-state index is 5.02. The van der Waals surface area contributed by atoms with Gasteiger partial charge >= 0.3 is 0 Å². The van der Waals surface area contributed by atoms with Crippen LogP contribution in [0.25, 0.3) is 11.5 Å². The predicted molar refractivity (Wildman–Crippen MR) is 62.8 cm³/mol. The van der Waals surface area contributed by atoms with Gasteiger partial charge in [-0.25, -0.2) is 0 Å². The first-order valence-corrected chi connectivity index (χ1v) is 5.99. The van der Waals surface area contributed by atoms with Gasteiger partial charge in [0.25, 0.3) is 5.89 Å². The lowest BCUT2D eigenvalue weighted by molar-refractivity contribution is 0.426. The second-order valence-electron chi connectivity index (χ2n) is 2.49. The van der Waals surface area contributed by atoms with Crippen LogP contribution in [0.3, 0.4) is 0 Å². The summed E-state index contributed by atoms with van der Waals surface area (Å²) in [5.41, 5.74) is 0.867. The third kappa shape index (κ3) is 2.07. The SMILES string of the molecule is Brc1ccc(-c2nc(Br)no2)c(Br)c1. The Labute approximate surface area is 105 Å². The van der Waals surface area contributed by atoms with Crippen LogP contribution in [0, 0.1) is 0 Å². The summed E-state index contributed by atoms with van der Waals surface area (Å²) in [7, 11) is 0. The molecule has 0 saturated carbocycles. The molecule has 1 heterocycles. The summed E-state index contributed by atoms with van der Waals surface area (Å²) in [4.78, 5) is 4.07. The number of hydrogen-bond donors (Lipinski definition) is 0. The average Bonchev–Trinajstić information content (AvgIpc) is 2.51. The third-order valence-corrected chi connectivity index (χ3v) is 3.03. The molecule has 0 fully saturated rings. The Hall–Kier alpha value is -0.200. The lowest BCUT2D eigenvalue weighted by Crippen LogP contribution is -1.79. The third-order valence-electron chi connectivity index (χ3n) is 1.56. The molecule has 0 bridgehead atoms. The maximum absolute atomic E-state index is 5.02. The molecule has 2 aromatic rings. The van der Waals surface area contributed by atoms with Gasteiger partial charge in [0, 0.05) is 8.95 Å². The Balaban J connectivity index is 2.52. The highest BCUT2D eigenvalue weighted by Gasteiger charge is 2.10. The molecular formula is C8H3Br3N2O. The average molecular weight is 383 g/mol. The van der Waals surface area contributed by atoms with Gasteiger partial charge in [-0.1, -0.05) is 15.9 Å². The van der Waals surface area contributed by atoms with Crippen LogP contribution in [0.1, 0.15) is 0 Å². The van der Waals surface area contributed by atoms with Gasteiger partial charge in [0.05, 0.1) is 5.56 Å². The van der Waals surface area contributed by atoms with E-state index in [4.69, 9.17) is 4.52 Å². The van der Waals surface area contributed by atoms with Crippen molar-refractivity contribution >= 4 is 47.8 Å². The summed E-state index contributed by atoms with van der Waals surface area (Å²) in [6.07, 6.45) is 0. The highest BCUT2D eigenvalue weighted by molar-refractivity contribution is 9.11. The zero-order chi connectivity index (χ0) is 10.1. The highest BCUT2D eigenvalue weighted by atomic mass is 79.9. The minimum atomic E-state index is 0.447. The van der Waals surface area contributed by atoms with Gasteiger partial charge in [-0.15, -0.1) is 0 Å². The first-order chi connectivity index (χ1) is 6.66. The van der Waals surface area contributed by atoms with Crippen molar-refractivity contribution in [3.8, 4) is 11.5 Å². The number of benzene rings is 1. The Kier molecular flexibility index (Phi) is 3.04. The Morgan fingerprint density at radius 1 is 1.14 bits per heavy atom. The van der Waals surface area contributed by atoms with Crippen molar-refractivity contribution in [2.75, 3.05) is 0 Å². The fraction of sp³-hybridized carbons (Fsp3) is 0. The maximum Gasteiger partial charge on any atom is 0.259 e.